The van der Waals surface area contributed by atoms with Gasteiger partial charge in [0.15, 0.2) is 0 Å². The molecule has 148 valence electrons. The van der Waals surface area contributed by atoms with Crippen molar-refractivity contribution in [1.82, 2.24) is 0 Å². The van der Waals surface area contributed by atoms with Gasteiger partial charge in [-0.3, -0.25) is 0 Å². The van der Waals surface area contributed by atoms with Gasteiger partial charge in [0.25, 0.3) is 0 Å². The van der Waals surface area contributed by atoms with Crippen molar-refractivity contribution in [2.24, 2.45) is 0 Å². The van der Waals surface area contributed by atoms with Gasteiger partial charge in [-0.25, -0.2) is 4.79 Å². The van der Waals surface area contributed by atoms with Crippen LogP contribution in [-0.4, -0.2) is 20.5 Å². The van der Waals surface area contributed by atoms with E-state index in [4.69, 9.17) is 9.15 Å². The number of alkyl halides is 3. The molecule has 0 saturated heterocycles. The van der Waals surface area contributed by atoms with Gasteiger partial charge in [-0.15, -0.1) is 0 Å². The molecule has 0 saturated carbocycles. The molecule has 2 aromatic carbocycles. The first-order chi connectivity index (χ1) is 13.1. The standard InChI is InChI=1S/C18H13F3O6S/c1-2-25-12-5-3-11(4-6-12)15-10-17(22)26-16-9-13(7-8-14(15)16)27-28(23,24)18(19,20)21/h3-10H,2H2,1H3. The molecule has 0 aliphatic heterocycles. The minimum absolute atomic E-state index is 0.119. The van der Waals surface area contributed by atoms with Crippen molar-refractivity contribution in [2.45, 2.75) is 12.4 Å². The van der Waals surface area contributed by atoms with Gasteiger partial charge >= 0.3 is 21.3 Å². The summed E-state index contributed by atoms with van der Waals surface area (Å²) < 4.78 is 74.1. The lowest BCUT2D eigenvalue weighted by molar-refractivity contribution is -0.0500. The van der Waals surface area contributed by atoms with Crippen LogP contribution in [-0.2, 0) is 10.1 Å². The van der Waals surface area contributed by atoms with Crippen LogP contribution in [0.3, 0.4) is 0 Å². The molecule has 0 N–H and O–H groups in total. The highest BCUT2D eigenvalue weighted by atomic mass is 32.2. The van der Waals surface area contributed by atoms with Gasteiger partial charge in [0.2, 0.25) is 0 Å². The van der Waals surface area contributed by atoms with E-state index in [1.165, 1.54) is 12.1 Å². The van der Waals surface area contributed by atoms with Gasteiger partial charge in [0.05, 0.1) is 6.61 Å². The number of fused-ring (bicyclic) bond motifs is 1. The normalized spacial score (nSPS) is 12.1. The minimum atomic E-state index is -5.84. The van der Waals surface area contributed by atoms with Crippen LogP contribution in [0.5, 0.6) is 11.5 Å². The van der Waals surface area contributed by atoms with Crippen molar-refractivity contribution in [3.05, 3.63) is 59.0 Å². The SMILES string of the molecule is CCOc1ccc(-c2cc(=O)oc3cc(OS(=O)(=O)C(F)(F)F)ccc23)cc1. The lowest BCUT2D eigenvalue weighted by Gasteiger charge is -2.11. The van der Waals surface area contributed by atoms with Crippen molar-refractivity contribution in [3.63, 3.8) is 0 Å². The van der Waals surface area contributed by atoms with Crippen LogP contribution in [0.4, 0.5) is 13.2 Å². The number of ether oxygens (including phenoxy) is 1. The fourth-order valence-electron chi connectivity index (χ4n) is 2.51. The zero-order valence-electron chi connectivity index (χ0n) is 14.3. The van der Waals surface area contributed by atoms with Gasteiger partial charge in [0, 0.05) is 17.5 Å². The van der Waals surface area contributed by atoms with Gasteiger partial charge < -0.3 is 13.3 Å². The zero-order chi connectivity index (χ0) is 20.5. The Morgan fingerprint density at radius 2 is 1.64 bits per heavy atom. The second-order valence-electron chi connectivity index (χ2n) is 5.58. The summed E-state index contributed by atoms with van der Waals surface area (Å²) in [5.74, 6) is 0.00313. The quantitative estimate of drug-likeness (QED) is 0.355. The van der Waals surface area contributed by atoms with Crippen molar-refractivity contribution in [3.8, 4) is 22.6 Å². The van der Waals surface area contributed by atoms with Gasteiger partial charge in [-0.1, -0.05) is 12.1 Å². The van der Waals surface area contributed by atoms with E-state index in [0.717, 1.165) is 12.1 Å². The second kappa shape index (κ2) is 7.19. The first-order valence-corrected chi connectivity index (χ1v) is 9.33. The number of hydrogen-bond donors (Lipinski definition) is 0. The Labute approximate surface area is 157 Å². The zero-order valence-corrected chi connectivity index (χ0v) is 15.1. The average Bonchev–Trinajstić information content (AvgIpc) is 2.60. The van der Waals surface area contributed by atoms with Crippen LogP contribution in [0.25, 0.3) is 22.1 Å². The maximum Gasteiger partial charge on any atom is 0.534 e. The Balaban J connectivity index is 2.06. The molecule has 0 spiro atoms. The topological polar surface area (TPSA) is 82.8 Å². The smallest absolute Gasteiger partial charge is 0.494 e. The van der Waals surface area contributed by atoms with Gasteiger partial charge in [-0.05, 0) is 42.3 Å². The Hall–Kier alpha value is -3.01. The summed E-state index contributed by atoms with van der Waals surface area (Å²) in [6, 6.07) is 11.3. The minimum Gasteiger partial charge on any atom is -0.494 e. The first kappa shape index (κ1) is 19.7. The molecule has 0 bridgehead atoms. The van der Waals surface area contributed by atoms with Crippen LogP contribution in [0.1, 0.15) is 6.92 Å². The van der Waals surface area contributed by atoms with Crippen LogP contribution >= 0.6 is 0 Å². The van der Waals surface area contributed by atoms with Crippen LogP contribution in [0.2, 0.25) is 0 Å². The molecule has 0 aliphatic carbocycles. The molecule has 0 unspecified atom stereocenters. The number of hydrogen-bond acceptors (Lipinski definition) is 6. The Kier molecular flexibility index (Phi) is 5.07. The molecule has 0 amide bonds. The largest absolute Gasteiger partial charge is 0.534 e. The summed E-state index contributed by atoms with van der Waals surface area (Å²) in [6.07, 6.45) is 0. The van der Waals surface area contributed by atoms with E-state index in [2.05, 4.69) is 4.18 Å². The third-order valence-corrected chi connectivity index (χ3v) is 4.66. The highest BCUT2D eigenvalue weighted by Crippen LogP contribution is 2.32. The van der Waals surface area contributed by atoms with Crippen molar-refractivity contribution in [2.75, 3.05) is 6.61 Å². The molecule has 0 fully saturated rings. The molecule has 6 nitrogen and oxygen atoms in total. The number of rotatable bonds is 5. The predicted octanol–water partition coefficient (Wildman–Crippen LogP) is 4.09. The monoisotopic (exact) mass is 414 g/mol. The van der Waals surface area contributed by atoms with Crippen LogP contribution in [0, 0.1) is 0 Å². The number of halogens is 3. The fourth-order valence-corrected chi connectivity index (χ4v) is 2.96. The Morgan fingerprint density at radius 3 is 2.25 bits per heavy atom. The maximum absolute atomic E-state index is 12.5. The third kappa shape index (κ3) is 3.96. The van der Waals surface area contributed by atoms with E-state index in [9.17, 15) is 26.4 Å². The molecule has 1 heterocycles. The summed E-state index contributed by atoms with van der Waals surface area (Å²) in [7, 11) is -5.84. The van der Waals surface area contributed by atoms with Crippen molar-refractivity contribution >= 4 is 21.1 Å². The summed E-state index contributed by atoms with van der Waals surface area (Å²) >= 11 is 0. The molecule has 0 aliphatic rings. The molecule has 3 aromatic rings. The molecule has 1 aromatic heterocycles. The lowest BCUT2D eigenvalue weighted by Crippen LogP contribution is -2.28. The van der Waals surface area contributed by atoms with Crippen LogP contribution < -0.4 is 14.5 Å². The molecule has 28 heavy (non-hydrogen) atoms. The highest BCUT2D eigenvalue weighted by molar-refractivity contribution is 7.88. The van der Waals surface area contributed by atoms with E-state index in [0.29, 0.717) is 28.9 Å². The molecular formula is C18H13F3O6S. The van der Waals surface area contributed by atoms with Crippen molar-refractivity contribution < 1.29 is 34.9 Å². The van der Waals surface area contributed by atoms with E-state index < -0.39 is 27.0 Å². The Bertz CT molecular complexity index is 1160. The molecule has 0 radical (unpaired) electrons. The molecule has 0 atom stereocenters. The average molecular weight is 414 g/mol. The van der Waals surface area contributed by atoms with E-state index in [1.807, 2.05) is 6.92 Å². The fraction of sp³-hybridized carbons (Fsp3) is 0.167. The second-order valence-corrected chi connectivity index (χ2v) is 7.12. The van der Waals surface area contributed by atoms with Crippen LogP contribution in [0.15, 0.2) is 57.7 Å². The van der Waals surface area contributed by atoms with Crippen molar-refractivity contribution in [1.29, 1.82) is 0 Å². The predicted molar refractivity (Wildman–Crippen MR) is 94.7 cm³/mol. The summed E-state index contributed by atoms with van der Waals surface area (Å²) in [4.78, 5) is 11.9. The summed E-state index contributed by atoms with van der Waals surface area (Å²) in [5, 5.41) is 0.389. The highest BCUT2D eigenvalue weighted by Gasteiger charge is 2.48. The summed E-state index contributed by atoms with van der Waals surface area (Å²) in [5.41, 5.74) is -5.36. The van der Waals surface area contributed by atoms with E-state index >= 15 is 0 Å². The third-order valence-electron chi connectivity index (χ3n) is 3.68. The first-order valence-electron chi connectivity index (χ1n) is 7.92. The Morgan fingerprint density at radius 1 is 1.00 bits per heavy atom. The summed E-state index contributed by atoms with van der Waals surface area (Å²) in [6.45, 7) is 2.32. The maximum atomic E-state index is 12.5. The number of benzene rings is 2. The van der Waals surface area contributed by atoms with E-state index in [1.54, 1.807) is 24.3 Å². The molecule has 3 rings (SSSR count). The van der Waals surface area contributed by atoms with Gasteiger partial charge in [0.1, 0.15) is 17.1 Å². The lowest BCUT2D eigenvalue weighted by atomic mass is 10.0. The van der Waals surface area contributed by atoms with E-state index in [-0.39, 0.29) is 5.58 Å². The molecular weight excluding hydrogens is 401 g/mol. The van der Waals surface area contributed by atoms with Gasteiger partial charge in [-0.2, -0.15) is 21.6 Å². The molecule has 10 heteroatoms.